The topological polar surface area (TPSA) is 127 Å². The van der Waals surface area contributed by atoms with E-state index in [9.17, 15) is 19.2 Å². The van der Waals surface area contributed by atoms with Crippen LogP contribution in [0.5, 0.6) is 0 Å². The van der Waals surface area contributed by atoms with Gasteiger partial charge in [-0.3, -0.25) is 29.5 Å². The lowest BCUT2D eigenvalue weighted by Gasteiger charge is -2.25. The average molecular weight is 584 g/mol. The third-order valence-corrected chi connectivity index (χ3v) is 7.72. The lowest BCUT2D eigenvalue weighted by molar-refractivity contribution is -0.140. The van der Waals surface area contributed by atoms with E-state index in [0.29, 0.717) is 18.7 Å². The molecular formula is C32H37N7O4. The molecule has 0 radical (unpaired) electrons. The Kier molecular flexibility index (Phi) is 9.29. The normalized spacial score (nSPS) is 17.5. The Morgan fingerprint density at radius 2 is 1.70 bits per heavy atom. The first-order valence-electron chi connectivity index (χ1n) is 14.7. The van der Waals surface area contributed by atoms with Crippen molar-refractivity contribution in [3.8, 4) is 0 Å². The van der Waals surface area contributed by atoms with E-state index in [1.165, 1.54) is 23.2 Å². The molecule has 1 unspecified atom stereocenters. The summed E-state index contributed by atoms with van der Waals surface area (Å²) in [4.78, 5) is 65.7. The third-order valence-electron chi connectivity index (χ3n) is 7.72. The third kappa shape index (κ3) is 7.35. The summed E-state index contributed by atoms with van der Waals surface area (Å²) in [6.07, 6.45) is 5.34. The van der Waals surface area contributed by atoms with Crippen molar-refractivity contribution in [2.75, 3.05) is 45.6 Å². The van der Waals surface area contributed by atoms with Crippen LogP contribution in [-0.2, 0) is 9.59 Å². The molecule has 2 saturated heterocycles. The van der Waals surface area contributed by atoms with Crippen molar-refractivity contribution in [3.63, 3.8) is 0 Å². The fraction of sp³-hybridized carbons (Fsp3) is 0.375. The summed E-state index contributed by atoms with van der Waals surface area (Å²) in [6, 6.07) is 15.9. The number of hydrogen-bond acceptors (Lipinski definition) is 6. The Bertz CT molecular complexity index is 1530. The number of aromatic nitrogens is 1. The maximum absolute atomic E-state index is 13.6. The van der Waals surface area contributed by atoms with E-state index in [0.717, 1.165) is 49.5 Å². The van der Waals surface area contributed by atoms with Crippen LogP contribution >= 0.6 is 0 Å². The smallest absolute Gasteiger partial charge is 0.271 e. The summed E-state index contributed by atoms with van der Waals surface area (Å²) in [5.74, 6) is -0.926. The number of guanidine groups is 1. The van der Waals surface area contributed by atoms with Crippen LogP contribution in [0.4, 0.5) is 5.69 Å². The van der Waals surface area contributed by atoms with Gasteiger partial charge in [-0.05, 0) is 67.1 Å². The molecule has 1 atom stereocenters. The van der Waals surface area contributed by atoms with Crippen molar-refractivity contribution >= 4 is 46.0 Å². The van der Waals surface area contributed by atoms with Crippen molar-refractivity contribution < 1.29 is 19.2 Å². The van der Waals surface area contributed by atoms with Crippen molar-refractivity contribution in [1.82, 2.24) is 25.0 Å². The first kappa shape index (κ1) is 29.7. The van der Waals surface area contributed by atoms with E-state index >= 15 is 0 Å². The molecular weight excluding hydrogens is 546 g/mol. The number of likely N-dealkylation sites (tertiary alicyclic amines) is 2. The Morgan fingerprint density at radius 1 is 0.953 bits per heavy atom. The zero-order valence-electron chi connectivity index (χ0n) is 24.6. The van der Waals surface area contributed by atoms with Gasteiger partial charge in [-0.25, -0.2) is 4.99 Å². The number of nitrogens with one attached hydrogen (secondary N) is 2. The predicted molar refractivity (Wildman–Crippen MR) is 165 cm³/mol. The highest BCUT2D eigenvalue weighted by molar-refractivity contribution is 6.11. The van der Waals surface area contributed by atoms with Gasteiger partial charge in [0.1, 0.15) is 11.7 Å². The van der Waals surface area contributed by atoms with Crippen molar-refractivity contribution in [2.45, 2.75) is 38.1 Å². The van der Waals surface area contributed by atoms with Crippen LogP contribution in [0.15, 0.2) is 65.8 Å². The molecule has 11 heteroatoms. The number of hydrogen-bond donors (Lipinski definition) is 2. The largest absolute Gasteiger partial charge is 0.343 e. The second-order valence-corrected chi connectivity index (χ2v) is 11.1. The number of amides is 4. The molecule has 11 nitrogen and oxygen atoms in total. The van der Waals surface area contributed by atoms with E-state index in [1.54, 1.807) is 19.0 Å². The monoisotopic (exact) mass is 583 g/mol. The summed E-state index contributed by atoms with van der Waals surface area (Å²) >= 11 is 0. The molecule has 2 fully saturated rings. The van der Waals surface area contributed by atoms with Gasteiger partial charge in [0.05, 0.1) is 12.1 Å². The van der Waals surface area contributed by atoms with Gasteiger partial charge in [0, 0.05) is 45.6 Å². The van der Waals surface area contributed by atoms with Crippen LogP contribution in [0.2, 0.25) is 0 Å². The molecule has 0 saturated carbocycles. The maximum atomic E-state index is 13.6. The average Bonchev–Trinajstić information content (AvgIpc) is 3.51. The van der Waals surface area contributed by atoms with Crippen LogP contribution in [0.3, 0.4) is 0 Å². The molecule has 3 heterocycles. The fourth-order valence-electron chi connectivity index (χ4n) is 5.31. The van der Waals surface area contributed by atoms with Gasteiger partial charge in [-0.15, -0.1) is 0 Å². The van der Waals surface area contributed by atoms with Gasteiger partial charge >= 0.3 is 0 Å². The minimum Gasteiger partial charge on any atom is -0.343 e. The van der Waals surface area contributed by atoms with E-state index in [2.05, 4.69) is 15.6 Å². The summed E-state index contributed by atoms with van der Waals surface area (Å²) in [5.41, 5.74) is 1.13. The Morgan fingerprint density at radius 3 is 2.42 bits per heavy atom. The molecule has 3 aromatic rings. The highest BCUT2D eigenvalue weighted by atomic mass is 16.2. The van der Waals surface area contributed by atoms with Gasteiger partial charge in [-0.2, -0.15) is 0 Å². The van der Waals surface area contributed by atoms with Crippen LogP contribution in [0.1, 0.15) is 53.0 Å². The second kappa shape index (κ2) is 13.5. The highest BCUT2D eigenvalue weighted by Crippen LogP contribution is 2.20. The molecule has 0 aliphatic carbocycles. The Labute approximate surface area is 251 Å². The second-order valence-electron chi connectivity index (χ2n) is 11.1. The van der Waals surface area contributed by atoms with Crippen molar-refractivity contribution in [3.05, 3.63) is 72.1 Å². The van der Waals surface area contributed by atoms with E-state index in [4.69, 9.17) is 4.99 Å². The Hall–Kier alpha value is -4.80. The summed E-state index contributed by atoms with van der Waals surface area (Å²) < 4.78 is 0. The van der Waals surface area contributed by atoms with Gasteiger partial charge in [0.15, 0.2) is 0 Å². The summed E-state index contributed by atoms with van der Waals surface area (Å²) in [6.45, 7) is 1.99. The number of nitrogens with zero attached hydrogens (tertiary/aromatic N) is 5. The van der Waals surface area contributed by atoms with E-state index in [1.807, 2.05) is 47.4 Å². The quantitative estimate of drug-likeness (QED) is 0.339. The highest BCUT2D eigenvalue weighted by Gasteiger charge is 2.30. The van der Waals surface area contributed by atoms with E-state index in [-0.39, 0.29) is 41.5 Å². The molecule has 0 spiro atoms. The number of fused-ring (bicyclic) bond motifs is 1. The van der Waals surface area contributed by atoms with Gasteiger partial charge < -0.3 is 20.0 Å². The zero-order valence-corrected chi connectivity index (χ0v) is 24.6. The molecule has 4 amide bonds. The lowest BCUT2D eigenvalue weighted by Crippen LogP contribution is -2.45. The number of rotatable bonds is 6. The SMILES string of the molecule is CN(C)C(=O)c1ccc(C(=O)NC(=NC2CCCCN(CC(=O)N3CCCC3)C2=O)Nc2ccc3ccccc3c2)cn1. The molecule has 224 valence electrons. The Balaban J connectivity index is 1.39. The number of pyridine rings is 1. The van der Waals surface area contributed by atoms with Crippen LogP contribution in [0.25, 0.3) is 10.8 Å². The molecule has 5 rings (SSSR count). The molecule has 43 heavy (non-hydrogen) atoms. The summed E-state index contributed by atoms with van der Waals surface area (Å²) in [5, 5.41) is 8.07. The molecule has 2 aromatic carbocycles. The number of carbonyl (C=O) groups excluding carboxylic acids is 4. The van der Waals surface area contributed by atoms with E-state index < -0.39 is 11.9 Å². The number of aliphatic imine (C=N–C) groups is 1. The number of anilines is 1. The van der Waals surface area contributed by atoms with Gasteiger partial charge in [0.25, 0.3) is 11.8 Å². The zero-order chi connectivity index (χ0) is 30.3. The molecule has 2 aliphatic rings. The standard InChI is InChI=1S/C32H37N7O4/c1-37(2)30(42)26-15-13-24(20-33-26)29(41)36-32(34-25-14-12-22-9-3-4-10-23(22)19-25)35-27-11-5-6-18-39(31(27)43)21-28(40)38-16-7-8-17-38/h3-4,9-10,12-15,19-20,27H,5-8,11,16-18,21H2,1-2H3,(H2,34,35,36,41). The van der Waals surface area contributed by atoms with Gasteiger partial charge in [-0.1, -0.05) is 30.3 Å². The van der Waals surface area contributed by atoms with Crippen LogP contribution < -0.4 is 10.6 Å². The first-order chi connectivity index (χ1) is 20.8. The minimum atomic E-state index is -0.768. The van der Waals surface area contributed by atoms with Gasteiger partial charge in [0.2, 0.25) is 17.8 Å². The molecule has 0 bridgehead atoms. The number of benzene rings is 2. The minimum absolute atomic E-state index is 0.0360. The maximum Gasteiger partial charge on any atom is 0.271 e. The first-order valence-corrected chi connectivity index (χ1v) is 14.7. The predicted octanol–water partition coefficient (Wildman–Crippen LogP) is 3.14. The summed E-state index contributed by atoms with van der Waals surface area (Å²) in [7, 11) is 3.26. The van der Waals surface area contributed by atoms with Crippen LogP contribution in [-0.4, -0.2) is 95.6 Å². The number of carbonyl (C=O) groups is 4. The van der Waals surface area contributed by atoms with Crippen LogP contribution in [0, 0.1) is 0 Å². The molecule has 2 N–H and O–H groups in total. The fourth-order valence-corrected chi connectivity index (χ4v) is 5.31. The van der Waals surface area contributed by atoms with Crippen molar-refractivity contribution in [1.29, 1.82) is 0 Å². The van der Waals surface area contributed by atoms with Crippen molar-refractivity contribution in [2.24, 2.45) is 4.99 Å². The lowest BCUT2D eigenvalue weighted by atomic mass is 10.1. The molecule has 2 aliphatic heterocycles. The molecule has 1 aromatic heterocycles.